The van der Waals surface area contributed by atoms with Gasteiger partial charge in [0, 0.05) is 19.6 Å². The molecule has 1 aromatic rings. The molecule has 1 aromatic heterocycles. The third-order valence-electron chi connectivity index (χ3n) is 3.53. The predicted molar refractivity (Wildman–Crippen MR) is 69.2 cm³/mol. The fraction of sp³-hybridized carbons (Fsp3) is 0.643. The van der Waals surface area contributed by atoms with Gasteiger partial charge in [-0.1, -0.05) is 6.92 Å². The normalized spacial score (nSPS) is 27.2. The molecule has 0 aromatic carbocycles. The number of ether oxygens (including phenoxy) is 3. The minimum atomic E-state index is -0.980. The molecule has 5 nitrogen and oxygen atoms in total. The summed E-state index contributed by atoms with van der Waals surface area (Å²) in [4.78, 5) is 11.6. The second-order valence-electron chi connectivity index (χ2n) is 4.68. The lowest BCUT2D eigenvalue weighted by Crippen LogP contribution is -2.40. The Balaban J connectivity index is 2.40. The fourth-order valence-electron chi connectivity index (χ4n) is 2.43. The maximum Gasteiger partial charge on any atom is 0.339 e. The van der Waals surface area contributed by atoms with Crippen LogP contribution in [0.25, 0.3) is 0 Å². The molecule has 0 N–H and O–H groups in total. The molecule has 2 atom stereocenters. The van der Waals surface area contributed by atoms with Crippen LogP contribution in [0.15, 0.2) is 21.3 Å². The van der Waals surface area contributed by atoms with Gasteiger partial charge in [0.1, 0.15) is 5.75 Å². The Labute approximate surface area is 112 Å². The number of rotatable bonds is 4. The largest absolute Gasteiger partial charge is 0.496 e. The van der Waals surface area contributed by atoms with Crippen molar-refractivity contribution in [1.82, 2.24) is 0 Å². The van der Waals surface area contributed by atoms with Crippen LogP contribution in [0.4, 0.5) is 0 Å². The summed E-state index contributed by atoms with van der Waals surface area (Å²) in [6.45, 7) is 2.07. The Morgan fingerprint density at radius 3 is 2.84 bits per heavy atom. The van der Waals surface area contributed by atoms with Crippen LogP contribution >= 0.6 is 0 Å². The Kier molecular flexibility index (Phi) is 4.27. The van der Waals surface area contributed by atoms with Gasteiger partial charge < -0.3 is 18.6 Å². The fourth-order valence-corrected chi connectivity index (χ4v) is 2.43. The van der Waals surface area contributed by atoms with Crippen molar-refractivity contribution >= 4 is 0 Å². The quantitative estimate of drug-likeness (QED) is 0.839. The summed E-state index contributed by atoms with van der Waals surface area (Å²) in [5, 5.41) is 0. The number of hydrogen-bond acceptors (Lipinski definition) is 5. The molecule has 1 aliphatic rings. The van der Waals surface area contributed by atoms with E-state index in [0.29, 0.717) is 17.9 Å². The van der Waals surface area contributed by atoms with Crippen LogP contribution in [0.3, 0.4) is 0 Å². The minimum absolute atomic E-state index is 0.116. The topological polar surface area (TPSA) is 57.9 Å². The predicted octanol–water partition coefficient (Wildman–Crippen LogP) is 2.43. The first-order chi connectivity index (χ1) is 9.13. The lowest BCUT2D eigenvalue weighted by Gasteiger charge is -2.38. The van der Waals surface area contributed by atoms with Crippen LogP contribution in [-0.2, 0) is 15.3 Å². The van der Waals surface area contributed by atoms with Crippen molar-refractivity contribution in [2.24, 2.45) is 0 Å². The van der Waals surface area contributed by atoms with Crippen LogP contribution in [0.2, 0.25) is 0 Å². The zero-order valence-electron chi connectivity index (χ0n) is 11.6. The Morgan fingerprint density at radius 2 is 2.21 bits per heavy atom. The zero-order chi connectivity index (χ0) is 13.9. The van der Waals surface area contributed by atoms with Gasteiger partial charge in [-0.05, 0) is 19.3 Å². The summed E-state index contributed by atoms with van der Waals surface area (Å²) in [6, 6.07) is 2.95. The van der Waals surface area contributed by atoms with Crippen LogP contribution < -0.4 is 10.4 Å². The second-order valence-corrected chi connectivity index (χ2v) is 4.68. The molecule has 0 aliphatic carbocycles. The molecule has 2 heterocycles. The SMILES string of the molecule is CC[C@H]1CCC[C@@](OC)(c2cc(OC)cc(=O)o2)O1. The highest BCUT2D eigenvalue weighted by Crippen LogP contribution is 2.39. The molecule has 106 valence electrons. The average Bonchev–Trinajstić information content (AvgIpc) is 2.46. The van der Waals surface area contributed by atoms with Gasteiger partial charge in [0.15, 0.2) is 5.76 Å². The lowest BCUT2D eigenvalue weighted by atomic mass is 9.97. The van der Waals surface area contributed by atoms with Crippen LogP contribution in [0, 0.1) is 0 Å². The lowest BCUT2D eigenvalue weighted by molar-refractivity contribution is -0.287. The summed E-state index contributed by atoms with van der Waals surface area (Å²) < 4.78 is 21.9. The molecular formula is C14H20O5. The van der Waals surface area contributed by atoms with E-state index >= 15 is 0 Å². The zero-order valence-corrected chi connectivity index (χ0v) is 11.6. The van der Waals surface area contributed by atoms with E-state index in [4.69, 9.17) is 18.6 Å². The summed E-state index contributed by atoms with van der Waals surface area (Å²) in [6.07, 6.45) is 3.64. The highest BCUT2D eigenvalue weighted by atomic mass is 16.7. The van der Waals surface area contributed by atoms with Crippen molar-refractivity contribution in [1.29, 1.82) is 0 Å². The van der Waals surface area contributed by atoms with Crippen LogP contribution in [-0.4, -0.2) is 20.3 Å². The van der Waals surface area contributed by atoms with E-state index in [2.05, 4.69) is 6.92 Å². The van der Waals surface area contributed by atoms with E-state index in [0.717, 1.165) is 19.3 Å². The van der Waals surface area contributed by atoms with Gasteiger partial charge in [-0.15, -0.1) is 0 Å². The molecule has 0 unspecified atom stereocenters. The standard InChI is InChI=1S/C14H20O5/c1-4-10-6-5-7-14(17-3,19-10)12-8-11(16-2)9-13(15)18-12/h8-10H,4-7H2,1-3H3/t10-,14-/m0/s1. The van der Waals surface area contributed by atoms with Gasteiger partial charge >= 0.3 is 5.63 Å². The van der Waals surface area contributed by atoms with E-state index in [1.807, 2.05) is 0 Å². The molecule has 0 spiro atoms. The van der Waals surface area contributed by atoms with Crippen molar-refractivity contribution in [2.75, 3.05) is 14.2 Å². The Bertz CT molecular complexity index is 481. The molecule has 1 fully saturated rings. The Hall–Kier alpha value is -1.33. The first kappa shape index (κ1) is 14.1. The van der Waals surface area contributed by atoms with Gasteiger partial charge in [0.2, 0.25) is 5.79 Å². The van der Waals surface area contributed by atoms with Crippen molar-refractivity contribution in [2.45, 2.75) is 44.5 Å². The van der Waals surface area contributed by atoms with E-state index < -0.39 is 11.4 Å². The van der Waals surface area contributed by atoms with Gasteiger partial charge in [-0.3, -0.25) is 0 Å². The molecule has 5 heteroatoms. The molecule has 19 heavy (non-hydrogen) atoms. The van der Waals surface area contributed by atoms with Crippen molar-refractivity contribution in [3.8, 4) is 5.75 Å². The molecule has 0 bridgehead atoms. The third-order valence-corrected chi connectivity index (χ3v) is 3.53. The first-order valence-electron chi connectivity index (χ1n) is 6.56. The maximum atomic E-state index is 11.6. The van der Waals surface area contributed by atoms with Gasteiger partial charge in [-0.2, -0.15) is 0 Å². The van der Waals surface area contributed by atoms with Gasteiger partial charge in [-0.25, -0.2) is 4.79 Å². The first-order valence-corrected chi connectivity index (χ1v) is 6.56. The van der Waals surface area contributed by atoms with E-state index in [-0.39, 0.29) is 6.10 Å². The molecule has 0 saturated carbocycles. The third kappa shape index (κ3) is 2.82. The Morgan fingerprint density at radius 1 is 1.42 bits per heavy atom. The number of methoxy groups -OCH3 is 2. The monoisotopic (exact) mass is 268 g/mol. The summed E-state index contributed by atoms with van der Waals surface area (Å²) in [5.41, 5.74) is -0.465. The van der Waals surface area contributed by atoms with Crippen molar-refractivity contribution in [3.63, 3.8) is 0 Å². The van der Waals surface area contributed by atoms with Crippen molar-refractivity contribution < 1.29 is 18.6 Å². The summed E-state index contributed by atoms with van der Waals surface area (Å²) in [7, 11) is 3.08. The molecule has 2 rings (SSSR count). The highest BCUT2D eigenvalue weighted by Gasteiger charge is 2.41. The van der Waals surface area contributed by atoms with E-state index in [1.54, 1.807) is 13.2 Å². The second kappa shape index (κ2) is 5.75. The molecule has 1 aliphatic heterocycles. The van der Waals surface area contributed by atoms with Crippen LogP contribution in [0.1, 0.15) is 38.4 Å². The molecule has 0 radical (unpaired) electrons. The highest BCUT2D eigenvalue weighted by molar-refractivity contribution is 5.23. The minimum Gasteiger partial charge on any atom is -0.496 e. The van der Waals surface area contributed by atoms with Gasteiger partial charge in [0.05, 0.1) is 19.3 Å². The molecule has 1 saturated heterocycles. The summed E-state index contributed by atoms with van der Waals surface area (Å²) in [5.74, 6) is -0.158. The molecular weight excluding hydrogens is 248 g/mol. The van der Waals surface area contributed by atoms with Gasteiger partial charge in [0.25, 0.3) is 0 Å². The maximum absolute atomic E-state index is 11.6. The van der Waals surface area contributed by atoms with Crippen molar-refractivity contribution in [3.05, 3.63) is 28.3 Å². The van der Waals surface area contributed by atoms with E-state index in [1.165, 1.54) is 13.2 Å². The van der Waals surface area contributed by atoms with E-state index in [9.17, 15) is 4.79 Å². The summed E-state index contributed by atoms with van der Waals surface area (Å²) >= 11 is 0. The number of hydrogen-bond donors (Lipinski definition) is 0. The average molecular weight is 268 g/mol. The van der Waals surface area contributed by atoms with Crippen LogP contribution in [0.5, 0.6) is 5.75 Å². The smallest absolute Gasteiger partial charge is 0.339 e. The molecule has 0 amide bonds.